The van der Waals surface area contributed by atoms with Crippen LogP contribution in [0.4, 0.5) is 5.13 Å². The zero-order valence-corrected chi connectivity index (χ0v) is 15.2. The van der Waals surface area contributed by atoms with Gasteiger partial charge in [-0.2, -0.15) is 5.10 Å². The zero-order valence-electron chi connectivity index (χ0n) is 13.7. The highest BCUT2D eigenvalue weighted by atomic mass is 35.5. The lowest BCUT2D eigenvalue weighted by Crippen LogP contribution is -2.20. The van der Waals surface area contributed by atoms with Gasteiger partial charge in [0.15, 0.2) is 5.01 Å². The van der Waals surface area contributed by atoms with Gasteiger partial charge in [0, 0.05) is 30.4 Å². The number of aromatic nitrogens is 4. The number of rotatable bonds is 3. The van der Waals surface area contributed by atoms with Crippen LogP contribution in [-0.2, 0) is 0 Å². The second kappa shape index (κ2) is 6.11. The fourth-order valence-electron chi connectivity index (χ4n) is 4.12. The summed E-state index contributed by atoms with van der Waals surface area (Å²) in [4.78, 5) is 2.41. The van der Waals surface area contributed by atoms with Crippen molar-refractivity contribution in [1.82, 2.24) is 20.4 Å². The lowest BCUT2D eigenvalue weighted by Gasteiger charge is -2.14. The molecular weight excluding hydrogens is 354 g/mol. The van der Waals surface area contributed by atoms with Crippen molar-refractivity contribution >= 4 is 28.1 Å². The van der Waals surface area contributed by atoms with Crippen LogP contribution < -0.4 is 4.90 Å². The van der Waals surface area contributed by atoms with Gasteiger partial charge in [0.2, 0.25) is 5.13 Å². The van der Waals surface area contributed by atoms with Gasteiger partial charge in [-0.1, -0.05) is 35.4 Å². The van der Waals surface area contributed by atoms with E-state index in [1.807, 2.05) is 24.4 Å². The van der Waals surface area contributed by atoms with Gasteiger partial charge in [0.1, 0.15) is 0 Å². The third-order valence-electron chi connectivity index (χ3n) is 5.44. The molecule has 25 heavy (non-hydrogen) atoms. The Morgan fingerprint density at radius 1 is 1.12 bits per heavy atom. The maximum absolute atomic E-state index is 6.52. The maximum Gasteiger partial charge on any atom is 0.208 e. The fourth-order valence-corrected chi connectivity index (χ4v) is 5.35. The molecule has 0 spiro atoms. The Labute approximate surface area is 155 Å². The van der Waals surface area contributed by atoms with E-state index in [1.165, 1.54) is 19.3 Å². The SMILES string of the molecule is Clc1cc(-c2cn[nH]c2)ccc1-c1nnc(N2C[C@H]3CCC[C@H]3C2)s1. The number of hydrogen-bond acceptors (Lipinski definition) is 5. The second-order valence-electron chi connectivity index (χ2n) is 6.93. The van der Waals surface area contributed by atoms with E-state index in [9.17, 15) is 0 Å². The van der Waals surface area contributed by atoms with Crippen molar-refractivity contribution in [3.63, 3.8) is 0 Å². The van der Waals surface area contributed by atoms with E-state index in [-0.39, 0.29) is 0 Å². The standard InChI is InChI=1S/C18H18ClN5S/c19-16-6-11(14-7-20-21-8-14)4-5-15(16)17-22-23-18(25-17)24-9-12-2-1-3-13(12)10-24/h4-8,12-13H,1-3,9-10H2,(H,20,21)/t12-,13+. The number of fused-ring (bicyclic) bond motifs is 1. The molecule has 2 atom stereocenters. The summed E-state index contributed by atoms with van der Waals surface area (Å²) in [5.74, 6) is 1.70. The molecule has 0 radical (unpaired) electrons. The molecular formula is C18H18ClN5S. The van der Waals surface area contributed by atoms with Gasteiger partial charge in [-0.15, -0.1) is 10.2 Å². The first kappa shape index (κ1) is 15.3. The molecule has 0 amide bonds. The summed E-state index contributed by atoms with van der Waals surface area (Å²) < 4.78 is 0. The molecule has 1 saturated carbocycles. The first-order valence-corrected chi connectivity index (χ1v) is 9.85. The molecule has 128 valence electrons. The molecule has 3 aromatic rings. The van der Waals surface area contributed by atoms with Crippen molar-refractivity contribution in [3.05, 3.63) is 35.6 Å². The number of nitrogens with zero attached hydrogens (tertiary/aromatic N) is 4. The number of anilines is 1. The molecule has 0 bridgehead atoms. The molecule has 1 aliphatic carbocycles. The Morgan fingerprint density at radius 2 is 1.96 bits per heavy atom. The lowest BCUT2D eigenvalue weighted by molar-refractivity contribution is 0.494. The number of nitrogens with one attached hydrogen (secondary N) is 1. The summed E-state index contributed by atoms with van der Waals surface area (Å²) in [7, 11) is 0. The van der Waals surface area contributed by atoms with Crippen molar-refractivity contribution in [3.8, 4) is 21.7 Å². The second-order valence-corrected chi connectivity index (χ2v) is 8.29. The van der Waals surface area contributed by atoms with Crippen molar-refractivity contribution in [2.45, 2.75) is 19.3 Å². The molecule has 5 nitrogen and oxygen atoms in total. The smallest absolute Gasteiger partial charge is 0.208 e. The van der Waals surface area contributed by atoms with E-state index in [0.29, 0.717) is 5.02 Å². The van der Waals surface area contributed by atoms with Gasteiger partial charge in [-0.05, 0) is 42.4 Å². The van der Waals surface area contributed by atoms with E-state index in [2.05, 4.69) is 25.3 Å². The van der Waals surface area contributed by atoms with Crippen LogP contribution in [0, 0.1) is 11.8 Å². The molecule has 2 fully saturated rings. The molecule has 1 N–H and O–H groups in total. The first-order chi connectivity index (χ1) is 12.3. The minimum absolute atomic E-state index is 0.694. The number of H-pyrrole nitrogens is 1. The average molecular weight is 372 g/mol. The summed E-state index contributed by atoms with van der Waals surface area (Å²) in [6.45, 7) is 2.26. The van der Waals surface area contributed by atoms with Gasteiger partial charge >= 0.3 is 0 Å². The molecule has 1 saturated heterocycles. The highest BCUT2D eigenvalue weighted by Gasteiger charge is 2.37. The van der Waals surface area contributed by atoms with E-state index in [4.69, 9.17) is 11.6 Å². The minimum atomic E-state index is 0.694. The summed E-state index contributed by atoms with van der Waals surface area (Å²) in [5, 5.41) is 18.3. The number of hydrogen-bond donors (Lipinski definition) is 1. The topological polar surface area (TPSA) is 57.7 Å². The Hall–Kier alpha value is -1.92. The van der Waals surface area contributed by atoms with Crippen molar-refractivity contribution in [1.29, 1.82) is 0 Å². The molecule has 7 heteroatoms. The summed E-state index contributed by atoms with van der Waals surface area (Å²) in [6, 6.07) is 6.03. The monoisotopic (exact) mass is 371 g/mol. The minimum Gasteiger partial charge on any atom is -0.346 e. The Morgan fingerprint density at radius 3 is 2.68 bits per heavy atom. The van der Waals surface area contributed by atoms with Gasteiger partial charge < -0.3 is 4.90 Å². The molecule has 2 aliphatic rings. The van der Waals surface area contributed by atoms with E-state index in [1.54, 1.807) is 17.5 Å². The number of benzene rings is 1. The van der Waals surface area contributed by atoms with Crippen LogP contribution in [0.5, 0.6) is 0 Å². The van der Waals surface area contributed by atoms with E-state index in [0.717, 1.165) is 51.8 Å². The molecule has 1 aliphatic heterocycles. The summed E-state index contributed by atoms with van der Waals surface area (Å²) in [5.41, 5.74) is 3.01. The molecule has 0 unspecified atom stereocenters. The van der Waals surface area contributed by atoms with Crippen molar-refractivity contribution < 1.29 is 0 Å². The van der Waals surface area contributed by atoms with Crippen LogP contribution >= 0.6 is 22.9 Å². The van der Waals surface area contributed by atoms with Crippen LogP contribution in [-0.4, -0.2) is 33.5 Å². The van der Waals surface area contributed by atoms with Gasteiger partial charge in [-0.25, -0.2) is 0 Å². The third-order valence-corrected chi connectivity index (χ3v) is 6.77. The van der Waals surface area contributed by atoms with Crippen LogP contribution in [0.25, 0.3) is 21.7 Å². The van der Waals surface area contributed by atoms with Gasteiger partial charge in [-0.3, -0.25) is 5.10 Å². The molecule has 1 aromatic carbocycles. The number of aromatic amines is 1. The van der Waals surface area contributed by atoms with Gasteiger partial charge in [0.25, 0.3) is 0 Å². The van der Waals surface area contributed by atoms with E-state index >= 15 is 0 Å². The number of halogens is 1. The van der Waals surface area contributed by atoms with Gasteiger partial charge in [0.05, 0.1) is 11.2 Å². The van der Waals surface area contributed by atoms with Crippen LogP contribution in [0.2, 0.25) is 5.02 Å². The van der Waals surface area contributed by atoms with Crippen molar-refractivity contribution in [2.75, 3.05) is 18.0 Å². The Balaban J connectivity index is 1.40. The predicted octanol–water partition coefficient (Wildman–Crippen LogP) is 4.48. The van der Waals surface area contributed by atoms with E-state index < -0.39 is 0 Å². The highest BCUT2D eigenvalue weighted by molar-refractivity contribution is 7.18. The fraction of sp³-hybridized carbons (Fsp3) is 0.389. The highest BCUT2D eigenvalue weighted by Crippen LogP contribution is 2.42. The third kappa shape index (κ3) is 2.73. The zero-order chi connectivity index (χ0) is 16.8. The average Bonchev–Trinajstić information content (AvgIpc) is 3.36. The Kier molecular flexibility index (Phi) is 3.75. The van der Waals surface area contributed by atoms with Crippen LogP contribution in [0.15, 0.2) is 30.6 Å². The van der Waals surface area contributed by atoms with Crippen molar-refractivity contribution in [2.24, 2.45) is 11.8 Å². The molecule has 2 aromatic heterocycles. The lowest BCUT2D eigenvalue weighted by atomic mass is 10.0. The Bertz CT molecular complexity index is 879. The first-order valence-electron chi connectivity index (χ1n) is 8.65. The summed E-state index contributed by atoms with van der Waals surface area (Å²) >= 11 is 8.16. The largest absolute Gasteiger partial charge is 0.346 e. The van der Waals surface area contributed by atoms with Crippen LogP contribution in [0.1, 0.15) is 19.3 Å². The summed E-state index contributed by atoms with van der Waals surface area (Å²) in [6.07, 6.45) is 7.78. The van der Waals surface area contributed by atoms with Crippen LogP contribution in [0.3, 0.4) is 0 Å². The molecule has 5 rings (SSSR count). The maximum atomic E-state index is 6.52. The predicted molar refractivity (Wildman–Crippen MR) is 101 cm³/mol. The normalized spacial score (nSPS) is 22.5. The quantitative estimate of drug-likeness (QED) is 0.737. The molecule has 3 heterocycles.